The standard InChI is InChI=1S/C13H15ClOS/c1-3-16-12-8(2)4-7-10(13(14)15)11(12)9-5-6-9/h4,7,9H,3,5-6H2,1-2H3. The molecule has 0 heterocycles. The lowest BCUT2D eigenvalue weighted by molar-refractivity contribution is 0.108. The van der Waals surface area contributed by atoms with Crippen LogP contribution in [0.15, 0.2) is 17.0 Å². The highest BCUT2D eigenvalue weighted by Gasteiger charge is 2.30. The molecule has 0 aliphatic heterocycles. The van der Waals surface area contributed by atoms with E-state index in [4.69, 9.17) is 11.6 Å². The van der Waals surface area contributed by atoms with Gasteiger partial charge < -0.3 is 0 Å². The van der Waals surface area contributed by atoms with Crippen LogP contribution in [0, 0.1) is 6.92 Å². The number of aryl methyl sites for hydroxylation is 1. The van der Waals surface area contributed by atoms with Gasteiger partial charge >= 0.3 is 0 Å². The molecule has 0 aromatic heterocycles. The van der Waals surface area contributed by atoms with Crippen LogP contribution in [0.4, 0.5) is 0 Å². The van der Waals surface area contributed by atoms with Crippen molar-refractivity contribution in [2.75, 3.05) is 5.75 Å². The molecule has 86 valence electrons. The van der Waals surface area contributed by atoms with Crippen LogP contribution in [-0.2, 0) is 0 Å². The minimum atomic E-state index is -0.320. The van der Waals surface area contributed by atoms with E-state index in [0.29, 0.717) is 11.5 Å². The van der Waals surface area contributed by atoms with Crippen molar-refractivity contribution in [3.8, 4) is 0 Å². The Morgan fingerprint density at radius 2 is 2.19 bits per heavy atom. The molecular formula is C13H15ClOS. The molecule has 1 aliphatic carbocycles. The monoisotopic (exact) mass is 254 g/mol. The van der Waals surface area contributed by atoms with Crippen LogP contribution in [0.3, 0.4) is 0 Å². The molecule has 1 fully saturated rings. The average molecular weight is 255 g/mol. The lowest BCUT2D eigenvalue weighted by Gasteiger charge is -2.14. The van der Waals surface area contributed by atoms with Gasteiger partial charge in [-0.3, -0.25) is 4.79 Å². The molecule has 16 heavy (non-hydrogen) atoms. The van der Waals surface area contributed by atoms with E-state index in [1.165, 1.54) is 28.9 Å². The van der Waals surface area contributed by atoms with Gasteiger partial charge in [0.15, 0.2) is 0 Å². The molecule has 3 heteroatoms. The Labute approximate surface area is 106 Å². The van der Waals surface area contributed by atoms with Crippen LogP contribution in [0.5, 0.6) is 0 Å². The highest BCUT2D eigenvalue weighted by atomic mass is 35.5. The van der Waals surface area contributed by atoms with Gasteiger partial charge in [0.25, 0.3) is 5.24 Å². The first kappa shape index (κ1) is 12.0. The summed E-state index contributed by atoms with van der Waals surface area (Å²) in [7, 11) is 0. The van der Waals surface area contributed by atoms with Gasteiger partial charge in [0.1, 0.15) is 0 Å². The zero-order valence-corrected chi connectivity index (χ0v) is 11.1. The molecule has 0 radical (unpaired) electrons. The number of hydrogen-bond donors (Lipinski definition) is 0. The number of hydrogen-bond acceptors (Lipinski definition) is 2. The van der Waals surface area contributed by atoms with Crippen molar-refractivity contribution in [1.29, 1.82) is 0 Å². The second kappa shape index (κ2) is 4.80. The number of carbonyl (C=O) groups is 1. The van der Waals surface area contributed by atoms with E-state index >= 15 is 0 Å². The van der Waals surface area contributed by atoms with Gasteiger partial charge in [-0.15, -0.1) is 11.8 Å². The summed E-state index contributed by atoms with van der Waals surface area (Å²) in [6.07, 6.45) is 2.38. The van der Waals surface area contributed by atoms with Gasteiger partial charge in [-0.05, 0) is 60.2 Å². The minimum absolute atomic E-state index is 0.320. The summed E-state index contributed by atoms with van der Waals surface area (Å²) in [5.41, 5.74) is 3.17. The average Bonchev–Trinajstić information content (AvgIpc) is 3.04. The van der Waals surface area contributed by atoms with Gasteiger partial charge in [-0.2, -0.15) is 0 Å². The Morgan fingerprint density at radius 1 is 1.50 bits per heavy atom. The summed E-state index contributed by atoms with van der Waals surface area (Å²) >= 11 is 7.47. The van der Waals surface area contributed by atoms with Crippen molar-refractivity contribution in [3.63, 3.8) is 0 Å². The Hall–Kier alpha value is -0.470. The first-order chi connectivity index (χ1) is 7.65. The van der Waals surface area contributed by atoms with Crippen LogP contribution in [-0.4, -0.2) is 11.0 Å². The molecule has 0 saturated heterocycles. The van der Waals surface area contributed by atoms with Crippen molar-refractivity contribution in [2.24, 2.45) is 0 Å². The Morgan fingerprint density at radius 3 is 2.69 bits per heavy atom. The van der Waals surface area contributed by atoms with E-state index in [0.717, 1.165) is 5.75 Å². The van der Waals surface area contributed by atoms with Gasteiger partial charge in [-0.1, -0.05) is 13.0 Å². The van der Waals surface area contributed by atoms with Gasteiger partial charge in [0.05, 0.1) is 0 Å². The van der Waals surface area contributed by atoms with Crippen molar-refractivity contribution in [2.45, 2.75) is 37.5 Å². The van der Waals surface area contributed by atoms with E-state index < -0.39 is 0 Å². The topological polar surface area (TPSA) is 17.1 Å². The van der Waals surface area contributed by atoms with Crippen molar-refractivity contribution in [3.05, 3.63) is 28.8 Å². The van der Waals surface area contributed by atoms with Crippen LogP contribution < -0.4 is 0 Å². The third-order valence-corrected chi connectivity index (χ3v) is 4.20. The summed E-state index contributed by atoms with van der Waals surface area (Å²) < 4.78 is 0. The molecule has 1 nitrogen and oxygen atoms in total. The van der Waals surface area contributed by atoms with E-state index in [1.54, 1.807) is 0 Å². The van der Waals surface area contributed by atoms with Crippen LogP contribution in [0.25, 0.3) is 0 Å². The summed E-state index contributed by atoms with van der Waals surface area (Å²) in [5.74, 6) is 1.59. The maximum Gasteiger partial charge on any atom is 0.252 e. The van der Waals surface area contributed by atoms with Crippen molar-refractivity contribution >= 4 is 28.6 Å². The Kier molecular flexibility index (Phi) is 3.60. The first-order valence-electron chi connectivity index (χ1n) is 5.61. The Balaban J connectivity index is 2.54. The highest BCUT2D eigenvalue weighted by molar-refractivity contribution is 7.99. The number of rotatable bonds is 4. The zero-order valence-electron chi connectivity index (χ0n) is 9.55. The fourth-order valence-corrected chi connectivity index (χ4v) is 3.17. The molecule has 1 aromatic carbocycles. The molecule has 1 saturated carbocycles. The second-order valence-corrected chi connectivity index (χ2v) is 5.77. The fraction of sp³-hybridized carbons (Fsp3) is 0.462. The van der Waals surface area contributed by atoms with Crippen LogP contribution in [0.2, 0.25) is 0 Å². The lowest BCUT2D eigenvalue weighted by atomic mass is 10.0. The fourth-order valence-electron chi connectivity index (χ4n) is 1.99. The SMILES string of the molecule is CCSc1c(C)ccc(C(=O)Cl)c1C1CC1. The maximum atomic E-state index is 11.4. The molecule has 0 spiro atoms. The second-order valence-electron chi connectivity index (χ2n) is 4.15. The van der Waals surface area contributed by atoms with E-state index in [9.17, 15) is 4.79 Å². The third-order valence-electron chi connectivity index (χ3n) is 2.88. The maximum absolute atomic E-state index is 11.4. The summed E-state index contributed by atoms with van der Waals surface area (Å²) in [4.78, 5) is 12.7. The first-order valence-corrected chi connectivity index (χ1v) is 6.97. The predicted molar refractivity (Wildman–Crippen MR) is 69.7 cm³/mol. The summed E-state index contributed by atoms with van der Waals surface area (Å²) in [6.45, 7) is 4.24. The van der Waals surface area contributed by atoms with Crippen molar-refractivity contribution in [1.82, 2.24) is 0 Å². The number of benzene rings is 1. The largest absolute Gasteiger partial charge is 0.276 e. The molecule has 1 aromatic rings. The molecule has 0 atom stereocenters. The van der Waals surface area contributed by atoms with Gasteiger partial charge in [-0.25, -0.2) is 0 Å². The molecule has 0 bridgehead atoms. The van der Waals surface area contributed by atoms with Crippen LogP contribution >= 0.6 is 23.4 Å². The Bertz CT molecular complexity index is 424. The lowest BCUT2D eigenvalue weighted by Crippen LogP contribution is -2.00. The third kappa shape index (κ3) is 2.28. The number of carbonyl (C=O) groups excluding carboxylic acids is 1. The quantitative estimate of drug-likeness (QED) is 0.587. The molecule has 0 amide bonds. The van der Waals surface area contributed by atoms with E-state index in [2.05, 4.69) is 13.8 Å². The molecule has 0 unspecified atom stereocenters. The van der Waals surface area contributed by atoms with Crippen LogP contribution in [0.1, 0.15) is 47.2 Å². The zero-order chi connectivity index (χ0) is 11.7. The minimum Gasteiger partial charge on any atom is -0.276 e. The number of halogens is 1. The highest BCUT2D eigenvalue weighted by Crippen LogP contribution is 2.47. The summed E-state index contributed by atoms with van der Waals surface area (Å²) in [6, 6.07) is 3.87. The number of thioether (sulfide) groups is 1. The smallest absolute Gasteiger partial charge is 0.252 e. The van der Waals surface area contributed by atoms with Crippen molar-refractivity contribution < 1.29 is 4.79 Å². The van der Waals surface area contributed by atoms with E-state index in [-0.39, 0.29) is 5.24 Å². The van der Waals surface area contributed by atoms with Gasteiger partial charge in [0, 0.05) is 10.5 Å². The molecule has 0 N–H and O–H groups in total. The molecular weight excluding hydrogens is 240 g/mol. The normalized spacial score (nSPS) is 15.2. The van der Waals surface area contributed by atoms with Gasteiger partial charge in [0.2, 0.25) is 0 Å². The predicted octanol–water partition coefficient (Wildman–Crippen LogP) is 4.36. The molecule has 1 aliphatic rings. The molecule has 2 rings (SSSR count). The van der Waals surface area contributed by atoms with E-state index in [1.807, 2.05) is 23.9 Å². The summed E-state index contributed by atoms with van der Waals surface area (Å²) in [5, 5.41) is -0.320.